The van der Waals surface area contributed by atoms with Crippen molar-refractivity contribution in [1.29, 1.82) is 0 Å². The summed E-state index contributed by atoms with van der Waals surface area (Å²) in [5.74, 6) is -5.14. The van der Waals surface area contributed by atoms with Crippen molar-refractivity contribution in [2.75, 3.05) is 5.32 Å². The second-order valence-corrected chi connectivity index (χ2v) is 4.92. The van der Waals surface area contributed by atoms with E-state index in [1.54, 1.807) is 0 Å². The van der Waals surface area contributed by atoms with E-state index in [0.29, 0.717) is 6.07 Å². The third-order valence-corrected chi connectivity index (χ3v) is 3.25. The van der Waals surface area contributed by atoms with Crippen LogP contribution in [0.25, 0.3) is 0 Å². The van der Waals surface area contributed by atoms with Gasteiger partial charge in [-0.25, -0.2) is 9.59 Å². The molecular weight excluding hydrogens is 332 g/mol. The molecule has 0 spiro atoms. The van der Waals surface area contributed by atoms with E-state index < -0.39 is 46.0 Å². The number of aromatic hydroxyl groups is 1. The predicted molar refractivity (Wildman–Crippen MR) is 84.9 cm³/mol. The fourth-order valence-electron chi connectivity index (χ4n) is 2.09. The minimum atomic E-state index is -1.55. The molecule has 0 bridgehead atoms. The molecular formula is C16H12N2O7. The summed E-state index contributed by atoms with van der Waals surface area (Å²) in [4.78, 5) is 46.3. The lowest BCUT2D eigenvalue weighted by Crippen LogP contribution is -2.22. The van der Waals surface area contributed by atoms with Gasteiger partial charge in [0.25, 0.3) is 5.91 Å². The van der Waals surface area contributed by atoms with Gasteiger partial charge in [-0.1, -0.05) is 0 Å². The number of hydrogen-bond donors (Lipinski definition) is 5. The second kappa shape index (κ2) is 6.71. The number of anilines is 1. The Bertz CT molecular complexity index is 888. The summed E-state index contributed by atoms with van der Waals surface area (Å²) < 4.78 is 0. The summed E-state index contributed by atoms with van der Waals surface area (Å²) in [7, 11) is 0. The summed E-state index contributed by atoms with van der Waals surface area (Å²) in [5, 5.41) is 29.9. The average Bonchev–Trinajstić information content (AvgIpc) is 2.55. The zero-order chi connectivity index (χ0) is 18.7. The summed E-state index contributed by atoms with van der Waals surface area (Å²) in [6.07, 6.45) is 0. The number of nitrogens with two attached hydrogens (primary N) is 1. The quantitative estimate of drug-likeness (QED) is 0.507. The van der Waals surface area contributed by atoms with Gasteiger partial charge in [-0.2, -0.15) is 0 Å². The maximum absolute atomic E-state index is 12.3. The maximum atomic E-state index is 12.3. The molecule has 0 aromatic heterocycles. The van der Waals surface area contributed by atoms with Crippen LogP contribution in [-0.4, -0.2) is 39.1 Å². The van der Waals surface area contributed by atoms with Gasteiger partial charge in [0.15, 0.2) is 0 Å². The predicted octanol–water partition coefficient (Wildman–Crippen LogP) is 1.14. The number of amides is 2. The molecule has 0 heterocycles. The molecule has 25 heavy (non-hydrogen) atoms. The maximum Gasteiger partial charge on any atom is 0.336 e. The first kappa shape index (κ1) is 17.5. The van der Waals surface area contributed by atoms with E-state index in [1.807, 2.05) is 0 Å². The Labute approximate surface area is 140 Å². The van der Waals surface area contributed by atoms with Crippen LogP contribution < -0.4 is 11.1 Å². The van der Waals surface area contributed by atoms with Crippen molar-refractivity contribution in [3.05, 3.63) is 58.7 Å². The molecule has 0 fully saturated rings. The highest BCUT2D eigenvalue weighted by molar-refractivity contribution is 6.14. The highest BCUT2D eigenvalue weighted by Crippen LogP contribution is 2.20. The molecule has 2 aromatic carbocycles. The molecule has 0 aliphatic heterocycles. The summed E-state index contributed by atoms with van der Waals surface area (Å²) in [5.41, 5.74) is 3.22. The third-order valence-electron chi connectivity index (χ3n) is 3.25. The van der Waals surface area contributed by atoms with Crippen molar-refractivity contribution in [2.24, 2.45) is 5.73 Å². The van der Waals surface area contributed by atoms with Gasteiger partial charge in [0, 0.05) is 5.69 Å². The van der Waals surface area contributed by atoms with E-state index in [9.17, 15) is 29.4 Å². The molecule has 0 saturated carbocycles. The largest absolute Gasteiger partial charge is 0.508 e. The Kier molecular flexibility index (Phi) is 4.69. The lowest BCUT2D eigenvalue weighted by Gasteiger charge is -2.11. The van der Waals surface area contributed by atoms with Crippen LogP contribution in [0.3, 0.4) is 0 Å². The Hall–Kier alpha value is -3.88. The van der Waals surface area contributed by atoms with Gasteiger partial charge >= 0.3 is 11.9 Å². The Balaban J connectivity index is 2.54. The summed E-state index contributed by atoms with van der Waals surface area (Å²) >= 11 is 0. The van der Waals surface area contributed by atoms with Crippen LogP contribution in [0.1, 0.15) is 41.4 Å². The SMILES string of the molecule is NC(=O)c1cc(C(=O)Nc2ccc(O)cc2)c(C(=O)O)cc1C(=O)O. The molecule has 9 heteroatoms. The molecule has 9 nitrogen and oxygen atoms in total. The summed E-state index contributed by atoms with van der Waals surface area (Å²) in [6.45, 7) is 0. The molecule has 0 radical (unpaired) electrons. The molecule has 0 atom stereocenters. The molecule has 0 unspecified atom stereocenters. The lowest BCUT2D eigenvalue weighted by molar-refractivity contribution is 0.0689. The minimum Gasteiger partial charge on any atom is -0.508 e. The van der Waals surface area contributed by atoms with Crippen LogP contribution in [0.15, 0.2) is 36.4 Å². The van der Waals surface area contributed by atoms with Gasteiger partial charge < -0.3 is 26.4 Å². The number of aromatic carboxylic acids is 2. The van der Waals surface area contributed by atoms with Crippen molar-refractivity contribution >= 4 is 29.4 Å². The molecule has 128 valence electrons. The fourth-order valence-corrected chi connectivity index (χ4v) is 2.09. The van der Waals surface area contributed by atoms with E-state index in [1.165, 1.54) is 24.3 Å². The van der Waals surface area contributed by atoms with Crippen molar-refractivity contribution in [3.8, 4) is 5.75 Å². The van der Waals surface area contributed by atoms with E-state index in [0.717, 1.165) is 6.07 Å². The number of benzene rings is 2. The van der Waals surface area contributed by atoms with Crippen molar-refractivity contribution in [1.82, 2.24) is 0 Å². The molecule has 2 amide bonds. The summed E-state index contributed by atoms with van der Waals surface area (Å²) in [6, 6.07) is 6.87. The molecule has 6 N–H and O–H groups in total. The Morgan fingerprint density at radius 1 is 0.800 bits per heavy atom. The first-order valence-corrected chi connectivity index (χ1v) is 6.75. The number of carbonyl (C=O) groups is 4. The molecule has 2 rings (SSSR count). The zero-order valence-electron chi connectivity index (χ0n) is 12.5. The van der Waals surface area contributed by atoms with Gasteiger partial charge in [0.05, 0.1) is 22.3 Å². The first-order valence-electron chi connectivity index (χ1n) is 6.75. The van der Waals surface area contributed by atoms with Crippen molar-refractivity contribution < 1.29 is 34.5 Å². The Morgan fingerprint density at radius 3 is 1.76 bits per heavy atom. The van der Waals surface area contributed by atoms with E-state index in [4.69, 9.17) is 10.8 Å². The van der Waals surface area contributed by atoms with Crippen LogP contribution in [-0.2, 0) is 0 Å². The van der Waals surface area contributed by atoms with Gasteiger partial charge in [0.1, 0.15) is 5.75 Å². The zero-order valence-corrected chi connectivity index (χ0v) is 12.5. The highest BCUT2D eigenvalue weighted by atomic mass is 16.4. The number of rotatable bonds is 5. The number of carboxylic acids is 2. The molecule has 0 aliphatic carbocycles. The molecule has 2 aromatic rings. The van der Waals surface area contributed by atoms with Crippen LogP contribution >= 0.6 is 0 Å². The minimum absolute atomic E-state index is 0.0361. The number of phenols is 1. The molecule has 0 saturated heterocycles. The topological polar surface area (TPSA) is 167 Å². The van der Waals surface area contributed by atoms with E-state index >= 15 is 0 Å². The second-order valence-electron chi connectivity index (χ2n) is 4.92. The smallest absolute Gasteiger partial charge is 0.336 e. The van der Waals surface area contributed by atoms with Crippen LogP contribution in [0.2, 0.25) is 0 Å². The van der Waals surface area contributed by atoms with Crippen molar-refractivity contribution in [2.45, 2.75) is 0 Å². The Morgan fingerprint density at radius 2 is 1.28 bits per heavy atom. The first-order chi connectivity index (χ1) is 11.7. The van der Waals surface area contributed by atoms with Gasteiger partial charge in [-0.05, 0) is 36.4 Å². The number of nitrogens with one attached hydrogen (secondary N) is 1. The van der Waals surface area contributed by atoms with Crippen LogP contribution in [0.5, 0.6) is 5.75 Å². The van der Waals surface area contributed by atoms with Crippen LogP contribution in [0.4, 0.5) is 5.69 Å². The third kappa shape index (κ3) is 3.72. The van der Waals surface area contributed by atoms with Gasteiger partial charge in [-0.3, -0.25) is 9.59 Å². The van der Waals surface area contributed by atoms with E-state index in [2.05, 4.69) is 5.32 Å². The number of primary amides is 1. The average molecular weight is 344 g/mol. The number of phenolic OH excluding ortho intramolecular Hbond substituents is 1. The number of carboxylic acid groups (broad SMARTS) is 2. The number of carbonyl (C=O) groups excluding carboxylic acids is 2. The monoisotopic (exact) mass is 344 g/mol. The van der Waals surface area contributed by atoms with Crippen molar-refractivity contribution in [3.63, 3.8) is 0 Å². The van der Waals surface area contributed by atoms with E-state index in [-0.39, 0.29) is 11.4 Å². The molecule has 0 aliphatic rings. The van der Waals surface area contributed by atoms with Gasteiger partial charge in [0.2, 0.25) is 5.91 Å². The van der Waals surface area contributed by atoms with Crippen LogP contribution in [0, 0.1) is 0 Å². The highest BCUT2D eigenvalue weighted by Gasteiger charge is 2.24. The lowest BCUT2D eigenvalue weighted by atomic mass is 9.97. The van der Waals surface area contributed by atoms with Gasteiger partial charge in [-0.15, -0.1) is 0 Å². The number of hydrogen-bond acceptors (Lipinski definition) is 5. The fraction of sp³-hybridized carbons (Fsp3) is 0. The normalized spacial score (nSPS) is 10.1. The standard InChI is InChI=1S/C16H12N2O7/c17-13(20)9-5-10(12(16(24)25)6-11(9)15(22)23)14(21)18-7-1-3-8(19)4-2-7/h1-6,19H,(H2,17,20)(H,18,21)(H,22,23)(H,24,25).